The highest BCUT2D eigenvalue weighted by atomic mass is 16.7. The lowest BCUT2D eigenvalue weighted by molar-refractivity contribution is -0.172. The molecular weight excluding hydrogens is 316 g/mol. The van der Waals surface area contributed by atoms with Crippen molar-refractivity contribution in [3.63, 3.8) is 0 Å². The molecule has 138 valence electrons. The Morgan fingerprint density at radius 2 is 1.96 bits per heavy atom. The quantitative estimate of drug-likeness (QED) is 0.739. The van der Waals surface area contributed by atoms with Gasteiger partial charge in [0.15, 0.2) is 0 Å². The highest BCUT2D eigenvalue weighted by molar-refractivity contribution is 5.98. The lowest BCUT2D eigenvalue weighted by Gasteiger charge is -2.26. The minimum absolute atomic E-state index is 0.00389. The molecule has 0 aromatic carbocycles. The molecular formula is C16H28N2O6. The molecule has 1 unspecified atom stereocenters. The minimum atomic E-state index is -1.32. The topological polar surface area (TPSA) is 95.5 Å². The SMILES string of the molecule is COCC1(C(=O)OC)CC([C@@H](NC(=O)OC(C)(C)C)C(C)C)=NO1. The fourth-order valence-corrected chi connectivity index (χ4v) is 2.40. The van der Waals surface area contributed by atoms with Crippen LogP contribution in [-0.4, -0.2) is 55.8 Å². The van der Waals surface area contributed by atoms with E-state index in [2.05, 4.69) is 10.5 Å². The third-order valence-electron chi connectivity index (χ3n) is 3.44. The van der Waals surface area contributed by atoms with Gasteiger partial charge in [-0.25, -0.2) is 9.59 Å². The summed E-state index contributed by atoms with van der Waals surface area (Å²) in [6, 6.07) is -0.428. The average molecular weight is 344 g/mol. The largest absolute Gasteiger partial charge is 0.466 e. The standard InChI is InChI=1S/C16H28N2O6/c1-10(2)12(17-14(20)23-15(3,4)5)11-8-16(9-21-6,24-18-11)13(19)22-7/h10,12H,8-9H2,1-7H3,(H,17,20)/t12-,16?/m0/s1. The van der Waals surface area contributed by atoms with Crippen molar-refractivity contribution in [2.45, 2.75) is 58.3 Å². The van der Waals surface area contributed by atoms with E-state index in [-0.39, 0.29) is 18.9 Å². The summed E-state index contributed by atoms with van der Waals surface area (Å²) in [7, 11) is 2.74. The van der Waals surface area contributed by atoms with Crippen LogP contribution in [0.4, 0.5) is 4.79 Å². The molecule has 1 rings (SSSR count). The minimum Gasteiger partial charge on any atom is -0.466 e. The number of hydrogen-bond acceptors (Lipinski definition) is 7. The summed E-state index contributed by atoms with van der Waals surface area (Å²) < 4.78 is 15.2. The van der Waals surface area contributed by atoms with Gasteiger partial charge in [-0.2, -0.15) is 0 Å². The fraction of sp³-hybridized carbons (Fsp3) is 0.812. The van der Waals surface area contributed by atoms with Crippen LogP contribution < -0.4 is 5.32 Å². The lowest BCUT2D eigenvalue weighted by atomic mass is 9.90. The molecule has 0 aliphatic carbocycles. The van der Waals surface area contributed by atoms with Gasteiger partial charge in [0, 0.05) is 13.5 Å². The molecule has 24 heavy (non-hydrogen) atoms. The Morgan fingerprint density at radius 1 is 1.33 bits per heavy atom. The van der Waals surface area contributed by atoms with E-state index in [0.717, 1.165) is 0 Å². The van der Waals surface area contributed by atoms with E-state index in [9.17, 15) is 9.59 Å². The maximum atomic E-state index is 12.1. The first-order valence-corrected chi connectivity index (χ1v) is 7.86. The van der Waals surface area contributed by atoms with E-state index in [0.29, 0.717) is 5.71 Å². The molecule has 1 amide bonds. The number of carbonyl (C=O) groups excluding carboxylic acids is 2. The molecule has 1 aliphatic rings. The summed E-state index contributed by atoms with van der Waals surface area (Å²) in [5.41, 5.74) is -1.38. The van der Waals surface area contributed by atoms with Gasteiger partial charge in [-0.1, -0.05) is 19.0 Å². The van der Waals surface area contributed by atoms with Crippen molar-refractivity contribution < 1.29 is 28.6 Å². The summed E-state index contributed by atoms with van der Waals surface area (Å²) in [5, 5.41) is 6.80. The van der Waals surface area contributed by atoms with E-state index in [1.165, 1.54) is 14.2 Å². The Balaban J connectivity index is 2.88. The number of oxime groups is 1. The van der Waals surface area contributed by atoms with Gasteiger partial charge in [-0.3, -0.25) is 0 Å². The highest BCUT2D eigenvalue weighted by Crippen LogP contribution is 2.29. The van der Waals surface area contributed by atoms with Gasteiger partial charge in [0.1, 0.15) is 12.2 Å². The van der Waals surface area contributed by atoms with E-state index in [1.807, 2.05) is 13.8 Å². The molecule has 1 N–H and O–H groups in total. The zero-order valence-corrected chi connectivity index (χ0v) is 15.5. The number of ether oxygens (including phenoxy) is 3. The van der Waals surface area contributed by atoms with Crippen LogP contribution in [0.5, 0.6) is 0 Å². The molecule has 0 bridgehead atoms. The predicted molar refractivity (Wildman–Crippen MR) is 87.8 cm³/mol. The second kappa shape index (κ2) is 7.83. The zero-order valence-electron chi connectivity index (χ0n) is 15.5. The third-order valence-corrected chi connectivity index (χ3v) is 3.44. The number of hydrogen-bond donors (Lipinski definition) is 1. The Labute approximate surface area is 142 Å². The van der Waals surface area contributed by atoms with Crippen LogP contribution in [0.1, 0.15) is 41.0 Å². The normalized spacial score (nSPS) is 21.8. The van der Waals surface area contributed by atoms with Crippen molar-refractivity contribution in [1.29, 1.82) is 0 Å². The molecule has 0 spiro atoms. The van der Waals surface area contributed by atoms with Gasteiger partial charge >= 0.3 is 12.1 Å². The Hall–Kier alpha value is -1.83. The van der Waals surface area contributed by atoms with Crippen molar-refractivity contribution in [1.82, 2.24) is 5.32 Å². The number of esters is 1. The van der Waals surface area contributed by atoms with E-state index in [4.69, 9.17) is 19.0 Å². The number of alkyl carbamates (subject to hydrolysis) is 1. The van der Waals surface area contributed by atoms with Crippen molar-refractivity contribution in [3.05, 3.63) is 0 Å². The van der Waals surface area contributed by atoms with Gasteiger partial charge in [-0.05, 0) is 26.7 Å². The summed E-state index contributed by atoms with van der Waals surface area (Å²) in [4.78, 5) is 29.5. The van der Waals surface area contributed by atoms with Crippen molar-refractivity contribution in [3.8, 4) is 0 Å². The maximum Gasteiger partial charge on any atom is 0.408 e. The number of nitrogens with one attached hydrogen (secondary N) is 1. The zero-order chi connectivity index (χ0) is 18.5. The number of methoxy groups -OCH3 is 2. The van der Waals surface area contributed by atoms with Crippen LogP contribution in [0.2, 0.25) is 0 Å². The molecule has 8 nitrogen and oxygen atoms in total. The van der Waals surface area contributed by atoms with E-state index >= 15 is 0 Å². The average Bonchev–Trinajstić information content (AvgIpc) is 2.87. The van der Waals surface area contributed by atoms with Crippen LogP contribution in [0.3, 0.4) is 0 Å². The van der Waals surface area contributed by atoms with Gasteiger partial charge in [-0.15, -0.1) is 0 Å². The van der Waals surface area contributed by atoms with Crippen LogP contribution in [-0.2, 0) is 23.8 Å². The molecule has 2 atom stereocenters. The highest BCUT2D eigenvalue weighted by Gasteiger charge is 2.50. The summed E-state index contributed by atoms with van der Waals surface area (Å²) >= 11 is 0. The maximum absolute atomic E-state index is 12.1. The number of rotatable bonds is 6. The first-order chi connectivity index (χ1) is 11.0. The Kier molecular flexibility index (Phi) is 6.59. The van der Waals surface area contributed by atoms with Crippen molar-refractivity contribution in [2.24, 2.45) is 11.1 Å². The number of amides is 1. The molecule has 0 aromatic rings. The second-order valence-corrected chi connectivity index (χ2v) is 7.14. The summed E-state index contributed by atoms with van der Waals surface area (Å²) in [5.74, 6) is -0.543. The number of carbonyl (C=O) groups is 2. The van der Waals surface area contributed by atoms with E-state index < -0.39 is 29.3 Å². The van der Waals surface area contributed by atoms with Crippen LogP contribution in [0.15, 0.2) is 5.16 Å². The molecule has 0 saturated carbocycles. The third kappa shape index (κ3) is 5.09. The fourth-order valence-electron chi connectivity index (χ4n) is 2.40. The van der Waals surface area contributed by atoms with Crippen LogP contribution in [0, 0.1) is 5.92 Å². The molecule has 0 saturated heterocycles. The van der Waals surface area contributed by atoms with Gasteiger partial charge < -0.3 is 24.4 Å². The van der Waals surface area contributed by atoms with Crippen LogP contribution >= 0.6 is 0 Å². The first kappa shape index (κ1) is 20.2. The number of nitrogens with zero attached hydrogens (tertiary/aromatic N) is 1. The smallest absolute Gasteiger partial charge is 0.408 e. The molecule has 0 radical (unpaired) electrons. The van der Waals surface area contributed by atoms with E-state index in [1.54, 1.807) is 20.8 Å². The van der Waals surface area contributed by atoms with Crippen molar-refractivity contribution in [2.75, 3.05) is 20.8 Å². The van der Waals surface area contributed by atoms with Crippen LogP contribution in [0.25, 0.3) is 0 Å². The predicted octanol–water partition coefficient (Wildman–Crippen LogP) is 1.87. The Morgan fingerprint density at radius 3 is 2.42 bits per heavy atom. The molecule has 0 fully saturated rings. The molecule has 8 heteroatoms. The summed E-state index contributed by atoms with van der Waals surface area (Å²) in [6.07, 6.45) is -0.377. The van der Waals surface area contributed by atoms with Gasteiger partial charge in [0.2, 0.25) is 0 Å². The van der Waals surface area contributed by atoms with Gasteiger partial charge in [0.25, 0.3) is 5.60 Å². The second-order valence-electron chi connectivity index (χ2n) is 7.14. The van der Waals surface area contributed by atoms with Gasteiger partial charge in [0.05, 0.1) is 18.9 Å². The lowest BCUT2D eigenvalue weighted by Crippen LogP contribution is -2.49. The monoisotopic (exact) mass is 344 g/mol. The van der Waals surface area contributed by atoms with Crippen molar-refractivity contribution >= 4 is 17.8 Å². The first-order valence-electron chi connectivity index (χ1n) is 7.86. The molecule has 1 heterocycles. The summed E-state index contributed by atoms with van der Waals surface area (Å²) in [6.45, 7) is 9.22. The molecule has 0 aromatic heterocycles. The Bertz CT molecular complexity index is 497. The molecule has 1 aliphatic heterocycles.